The van der Waals surface area contributed by atoms with Gasteiger partial charge in [0.25, 0.3) is 5.91 Å². The van der Waals surface area contributed by atoms with Crippen LogP contribution in [0.25, 0.3) is 0 Å². The third kappa shape index (κ3) is 6.12. The fourth-order valence-corrected chi connectivity index (χ4v) is 2.14. The number of carbonyl (C=O) groups excluding carboxylic acids is 1. The summed E-state index contributed by atoms with van der Waals surface area (Å²) in [5.74, 6) is 0.719. The Kier molecular flexibility index (Phi) is 6.63. The van der Waals surface area contributed by atoms with Gasteiger partial charge < -0.3 is 15.0 Å². The van der Waals surface area contributed by atoms with Crippen molar-refractivity contribution in [3.05, 3.63) is 65.7 Å². The van der Waals surface area contributed by atoms with Gasteiger partial charge in [-0.05, 0) is 56.9 Å². The van der Waals surface area contributed by atoms with Gasteiger partial charge in [0.15, 0.2) is 0 Å². The summed E-state index contributed by atoms with van der Waals surface area (Å²) in [5, 5.41) is 2.93. The average molecular weight is 312 g/mol. The van der Waals surface area contributed by atoms with Crippen LogP contribution < -0.4 is 10.1 Å². The Morgan fingerprint density at radius 1 is 1.04 bits per heavy atom. The third-order valence-electron chi connectivity index (χ3n) is 3.43. The Labute approximate surface area is 138 Å². The number of carbonyl (C=O) groups is 1. The molecule has 0 aliphatic heterocycles. The van der Waals surface area contributed by atoms with Gasteiger partial charge in [-0.1, -0.05) is 30.3 Å². The summed E-state index contributed by atoms with van der Waals surface area (Å²) in [5.41, 5.74) is 1.78. The largest absolute Gasteiger partial charge is 0.489 e. The highest BCUT2D eigenvalue weighted by Gasteiger charge is 2.05. The van der Waals surface area contributed by atoms with Crippen LogP contribution in [0.3, 0.4) is 0 Å². The zero-order valence-electron chi connectivity index (χ0n) is 13.8. The Hall–Kier alpha value is -2.33. The van der Waals surface area contributed by atoms with E-state index in [2.05, 4.69) is 10.2 Å². The molecule has 122 valence electrons. The molecule has 0 aliphatic rings. The molecule has 0 radical (unpaired) electrons. The minimum Gasteiger partial charge on any atom is -0.489 e. The predicted octanol–water partition coefficient (Wildman–Crippen LogP) is 2.95. The van der Waals surface area contributed by atoms with Crippen molar-refractivity contribution in [1.82, 2.24) is 10.2 Å². The van der Waals surface area contributed by atoms with Gasteiger partial charge in [-0.2, -0.15) is 0 Å². The predicted molar refractivity (Wildman–Crippen MR) is 92.7 cm³/mol. The molecule has 2 aromatic rings. The van der Waals surface area contributed by atoms with Crippen LogP contribution in [0.1, 0.15) is 22.3 Å². The minimum absolute atomic E-state index is 0.0432. The first kappa shape index (κ1) is 17.0. The molecule has 0 aliphatic carbocycles. The zero-order valence-corrected chi connectivity index (χ0v) is 13.8. The maximum atomic E-state index is 12.0. The number of hydrogen-bond donors (Lipinski definition) is 1. The van der Waals surface area contributed by atoms with Crippen LogP contribution in [-0.4, -0.2) is 38.0 Å². The number of nitrogens with one attached hydrogen (secondary N) is 1. The van der Waals surface area contributed by atoms with E-state index in [1.165, 1.54) is 0 Å². The summed E-state index contributed by atoms with van der Waals surface area (Å²) >= 11 is 0. The second-order valence-corrected chi connectivity index (χ2v) is 5.71. The Morgan fingerprint density at radius 3 is 2.39 bits per heavy atom. The van der Waals surface area contributed by atoms with E-state index < -0.39 is 0 Å². The molecule has 0 unspecified atom stereocenters. The van der Waals surface area contributed by atoms with Crippen molar-refractivity contribution in [2.45, 2.75) is 13.0 Å². The fraction of sp³-hybridized carbons (Fsp3) is 0.316. The highest BCUT2D eigenvalue weighted by molar-refractivity contribution is 5.94. The second-order valence-electron chi connectivity index (χ2n) is 5.71. The van der Waals surface area contributed by atoms with Crippen LogP contribution in [0.4, 0.5) is 0 Å². The normalized spacial score (nSPS) is 10.6. The van der Waals surface area contributed by atoms with E-state index in [0.717, 1.165) is 24.3 Å². The Morgan fingerprint density at radius 2 is 1.74 bits per heavy atom. The molecular weight excluding hydrogens is 288 g/mol. The molecule has 1 N–H and O–H groups in total. The van der Waals surface area contributed by atoms with Crippen LogP contribution in [-0.2, 0) is 6.61 Å². The molecule has 4 heteroatoms. The number of rotatable bonds is 8. The molecule has 0 spiro atoms. The molecule has 0 bridgehead atoms. The van der Waals surface area contributed by atoms with E-state index in [1.807, 2.05) is 56.6 Å². The zero-order chi connectivity index (χ0) is 16.5. The SMILES string of the molecule is CN(C)CCCNC(=O)c1ccc(OCc2ccccc2)cc1. The first-order valence-corrected chi connectivity index (χ1v) is 7.85. The lowest BCUT2D eigenvalue weighted by molar-refractivity contribution is 0.0952. The topological polar surface area (TPSA) is 41.6 Å². The number of ether oxygens (including phenoxy) is 1. The van der Waals surface area contributed by atoms with Crippen molar-refractivity contribution >= 4 is 5.91 Å². The van der Waals surface area contributed by atoms with Gasteiger partial charge in [0.1, 0.15) is 12.4 Å². The molecule has 0 saturated carbocycles. The highest BCUT2D eigenvalue weighted by Crippen LogP contribution is 2.14. The molecule has 2 aromatic carbocycles. The first-order valence-electron chi connectivity index (χ1n) is 7.85. The summed E-state index contributed by atoms with van der Waals surface area (Å²) in [6.07, 6.45) is 0.941. The van der Waals surface area contributed by atoms with Crippen molar-refractivity contribution in [3.8, 4) is 5.75 Å². The van der Waals surface area contributed by atoms with Gasteiger partial charge in [0.2, 0.25) is 0 Å². The molecule has 0 fully saturated rings. The van der Waals surface area contributed by atoms with Crippen molar-refractivity contribution in [2.75, 3.05) is 27.2 Å². The van der Waals surface area contributed by atoms with Gasteiger partial charge in [-0.15, -0.1) is 0 Å². The monoisotopic (exact) mass is 312 g/mol. The number of benzene rings is 2. The van der Waals surface area contributed by atoms with E-state index in [0.29, 0.717) is 18.7 Å². The third-order valence-corrected chi connectivity index (χ3v) is 3.43. The molecule has 4 nitrogen and oxygen atoms in total. The number of hydrogen-bond acceptors (Lipinski definition) is 3. The van der Waals surface area contributed by atoms with Crippen molar-refractivity contribution < 1.29 is 9.53 Å². The maximum absolute atomic E-state index is 12.0. The van der Waals surface area contributed by atoms with Crippen LogP contribution in [0.15, 0.2) is 54.6 Å². The van der Waals surface area contributed by atoms with Gasteiger partial charge in [0.05, 0.1) is 0 Å². The Bertz CT molecular complexity index is 595. The lowest BCUT2D eigenvalue weighted by Gasteiger charge is -2.10. The summed E-state index contributed by atoms with van der Waals surface area (Å²) < 4.78 is 5.71. The molecule has 0 atom stereocenters. The van der Waals surface area contributed by atoms with E-state index in [1.54, 1.807) is 12.1 Å². The maximum Gasteiger partial charge on any atom is 0.251 e. The quantitative estimate of drug-likeness (QED) is 0.762. The van der Waals surface area contributed by atoms with Gasteiger partial charge in [-0.3, -0.25) is 4.79 Å². The molecule has 0 saturated heterocycles. The van der Waals surface area contributed by atoms with Crippen molar-refractivity contribution in [2.24, 2.45) is 0 Å². The van der Waals surface area contributed by atoms with Crippen LogP contribution in [0.5, 0.6) is 5.75 Å². The molecular formula is C19H24N2O2. The summed E-state index contributed by atoms with van der Waals surface area (Å²) in [6, 6.07) is 17.3. The van der Waals surface area contributed by atoms with Crippen LogP contribution >= 0.6 is 0 Å². The summed E-state index contributed by atoms with van der Waals surface area (Å²) in [7, 11) is 4.05. The van der Waals surface area contributed by atoms with E-state index >= 15 is 0 Å². The molecule has 1 amide bonds. The first-order chi connectivity index (χ1) is 11.1. The Balaban J connectivity index is 1.78. The lowest BCUT2D eigenvalue weighted by Crippen LogP contribution is -2.27. The van der Waals surface area contributed by atoms with Crippen LogP contribution in [0, 0.1) is 0 Å². The molecule has 2 rings (SSSR count). The standard InChI is InChI=1S/C19H24N2O2/c1-21(2)14-6-13-20-19(22)17-9-11-18(12-10-17)23-15-16-7-4-3-5-8-16/h3-5,7-12H,6,13-15H2,1-2H3,(H,20,22). The molecule has 0 aromatic heterocycles. The van der Waals surface area contributed by atoms with Gasteiger partial charge in [0, 0.05) is 12.1 Å². The molecule has 23 heavy (non-hydrogen) atoms. The van der Waals surface area contributed by atoms with Gasteiger partial charge in [-0.25, -0.2) is 0 Å². The van der Waals surface area contributed by atoms with E-state index in [9.17, 15) is 4.79 Å². The summed E-state index contributed by atoms with van der Waals surface area (Å²) in [6.45, 7) is 2.17. The highest BCUT2D eigenvalue weighted by atomic mass is 16.5. The minimum atomic E-state index is -0.0432. The average Bonchev–Trinajstić information content (AvgIpc) is 2.58. The second kappa shape index (κ2) is 8.96. The summed E-state index contributed by atoms with van der Waals surface area (Å²) in [4.78, 5) is 14.1. The van der Waals surface area contributed by atoms with E-state index in [-0.39, 0.29) is 5.91 Å². The van der Waals surface area contributed by atoms with Gasteiger partial charge >= 0.3 is 0 Å². The number of amides is 1. The lowest BCUT2D eigenvalue weighted by atomic mass is 10.2. The van der Waals surface area contributed by atoms with Crippen molar-refractivity contribution in [1.29, 1.82) is 0 Å². The van der Waals surface area contributed by atoms with Crippen molar-refractivity contribution in [3.63, 3.8) is 0 Å². The van der Waals surface area contributed by atoms with E-state index in [4.69, 9.17) is 4.74 Å². The smallest absolute Gasteiger partial charge is 0.251 e. The number of nitrogens with zero attached hydrogens (tertiary/aromatic N) is 1. The fourth-order valence-electron chi connectivity index (χ4n) is 2.14. The van der Waals surface area contributed by atoms with Crippen LogP contribution in [0.2, 0.25) is 0 Å². The molecule has 0 heterocycles.